The number of hydrogen-bond donors (Lipinski definition) is 0. The third kappa shape index (κ3) is 1.31. The van der Waals surface area contributed by atoms with E-state index in [1.165, 1.54) is 30.1 Å². The van der Waals surface area contributed by atoms with Crippen LogP contribution in [0.5, 0.6) is 0 Å². The van der Waals surface area contributed by atoms with E-state index in [4.69, 9.17) is 4.74 Å². The van der Waals surface area contributed by atoms with Crippen molar-refractivity contribution in [3.05, 3.63) is 0 Å². The molecule has 2 rings (SSSR count). The monoisotopic (exact) mass is 280 g/mol. The molecule has 1 aliphatic heterocycles. The van der Waals surface area contributed by atoms with E-state index in [1.807, 2.05) is 0 Å². The minimum atomic E-state index is 0.154. The maximum atomic E-state index is 6.20. The first-order chi connectivity index (χ1) is 5.58. The number of alkyl halides is 1. The van der Waals surface area contributed by atoms with Crippen molar-refractivity contribution in [3.8, 4) is 0 Å². The van der Waals surface area contributed by atoms with Crippen LogP contribution in [0.2, 0.25) is 0 Å². The fourth-order valence-electron chi connectivity index (χ4n) is 2.80. The van der Waals surface area contributed by atoms with Crippen molar-refractivity contribution in [3.63, 3.8) is 0 Å². The molecule has 0 aromatic heterocycles. The van der Waals surface area contributed by atoms with Crippen molar-refractivity contribution in [2.45, 2.75) is 50.7 Å². The van der Waals surface area contributed by atoms with Gasteiger partial charge in [0.05, 0.1) is 11.2 Å². The molecule has 12 heavy (non-hydrogen) atoms. The summed E-state index contributed by atoms with van der Waals surface area (Å²) >= 11 is 2.48. The van der Waals surface area contributed by atoms with Crippen molar-refractivity contribution in [1.29, 1.82) is 0 Å². The molecule has 0 radical (unpaired) electrons. The number of hydrogen-bond acceptors (Lipinski definition) is 1. The lowest BCUT2D eigenvalue weighted by Crippen LogP contribution is -2.33. The second-order valence-corrected chi connectivity index (χ2v) is 5.58. The van der Waals surface area contributed by atoms with Crippen LogP contribution in [0.3, 0.4) is 0 Å². The van der Waals surface area contributed by atoms with Crippen LogP contribution >= 0.6 is 22.6 Å². The van der Waals surface area contributed by atoms with Gasteiger partial charge in [0, 0.05) is 4.43 Å². The first-order valence-corrected chi connectivity index (χ1v) is 6.37. The fraction of sp³-hybridized carbons (Fsp3) is 1.00. The summed E-state index contributed by atoms with van der Waals surface area (Å²) in [6, 6.07) is 0. The van der Waals surface area contributed by atoms with Crippen LogP contribution in [-0.2, 0) is 4.74 Å². The summed E-state index contributed by atoms with van der Waals surface area (Å²) in [6.07, 6.45) is 5.35. The summed E-state index contributed by atoms with van der Waals surface area (Å²) in [5, 5.41) is 0. The molecule has 2 heteroatoms. The standard InChI is InChI=1S/C10H17IO/c1-9(2)8-4-3-5-10(6-8,7-11)12-9/h8H,3-7H2,1-2H3/t8-,10+/m1/s1. The molecular weight excluding hydrogens is 263 g/mol. The summed E-state index contributed by atoms with van der Waals surface area (Å²) in [7, 11) is 0. The lowest BCUT2D eigenvalue weighted by molar-refractivity contribution is -0.0743. The zero-order chi connectivity index (χ0) is 8.82. The Bertz CT molecular complexity index is 190. The average molecular weight is 280 g/mol. The lowest BCUT2D eigenvalue weighted by atomic mass is 9.77. The van der Waals surface area contributed by atoms with E-state index < -0.39 is 0 Å². The van der Waals surface area contributed by atoms with Crippen molar-refractivity contribution in [2.75, 3.05) is 4.43 Å². The van der Waals surface area contributed by atoms with E-state index in [0.717, 1.165) is 5.92 Å². The highest BCUT2D eigenvalue weighted by molar-refractivity contribution is 14.1. The molecule has 1 saturated carbocycles. The maximum absolute atomic E-state index is 6.20. The third-order valence-electron chi connectivity index (χ3n) is 3.51. The molecule has 1 aliphatic carbocycles. The molecule has 0 spiro atoms. The van der Waals surface area contributed by atoms with Crippen LogP contribution in [0.15, 0.2) is 0 Å². The quantitative estimate of drug-likeness (QED) is 0.529. The molecule has 0 aromatic carbocycles. The highest BCUT2D eigenvalue weighted by Gasteiger charge is 2.52. The Kier molecular flexibility index (Phi) is 2.19. The van der Waals surface area contributed by atoms with E-state index in [1.54, 1.807) is 0 Å². The summed E-state index contributed by atoms with van der Waals surface area (Å²) in [4.78, 5) is 0. The van der Waals surface area contributed by atoms with Crippen molar-refractivity contribution >= 4 is 22.6 Å². The highest BCUT2D eigenvalue weighted by Crippen LogP contribution is 2.51. The number of halogens is 1. The van der Waals surface area contributed by atoms with Gasteiger partial charge in [-0.3, -0.25) is 0 Å². The molecule has 0 unspecified atom stereocenters. The zero-order valence-corrected chi connectivity index (χ0v) is 10.1. The van der Waals surface area contributed by atoms with Gasteiger partial charge in [-0.25, -0.2) is 0 Å². The Morgan fingerprint density at radius 3 is 2.83 bits per heavy atom. The van der Waals surface area contributed by atoms with Gasteiger partial charge in [-0.05, 0) is 39.0 Å². The Balaban J connectivity index is 2.22. The van der Waals surface area contributed by atoms with Gasteiger partial charge in [0.25, 0.3) is 0 Å². The van der Waals surface area contributed by atoms with Crippen molar-refractivity contribution < 1.29 is 4.74 Å². The minimum Gasteiger partial charge on any atom is -0.368 e. The first-order valence-electron chi connectivity index (χ1n) is 4.84. The lowest BCUT2D eigenvalue weighted by Gasteiger charge is -2.29. The summed E-state index contributed by atoms with van der Waals surface area (Å²) in [6.45, 7) is 4.52. The molecule has 2 atom stereocenters. The second kappa shape index (κ2) is 2.84. The van der Waals surface area contributed by atoms with Crippen LogP contribution in [0.25, 0.3) is 0 Å². The van der Waals surface area contributed by atoms with E-state index in [-0.39, 0.29) is 11.2 Å². The zero-order valence-electron chi connectivity index (χ0n) is 7.90. The van der Waals surface area contributed by atoms with Crippen LogP contribution in [0, 0.1) is 5.92 Å². The van der Waals surface area contributed by atoms with E-state index in [2.05, 4.69) is 36.4 Å². The molecule has 0 aromatic rings. The molecule has 2 fully saturated rings. The molecule has 2 bridgehead atoms. The van der Waals surface area contributed by atoms with Gasteiger partial charge in [-0.15, -0.1) is 0 Å². The molecule has 0 N–H and O–H groups in total. The Morgan fingerprint density at radius 1 is 1.50 bits per heavy atom. The van der Waals surface area contributed by atoms with Crippen LogP contribution in [0.1, 0.15) is 39.5 Å². The van der Waals surface area contributed by atoms with Crippen LogP contribution in [0.4, 0.5) is 0 Å². The smallest absolute Gasteiger partial charge is 0.0782 e. The Morgan fingerprint density at radius 2 is 2.25 bits per heavy atom. The van der Waals surface area contributed by atoms with Crippen LogP contribution in [-0.4, -0.2) is 15.6 Å². The number of rotatable bonds is 1. The van der Waals surface area contributed by atoms with E-state index >= 15 is 0 Å². The van der Waals surface area contributed by atoms with Gasteiger partial charge < -0.3 is 4.74 Å². The molecule has 2 aliphatic rings. The van der Waals surface area contributed by atoms with Crippen molar-refractivity contribution in [1.82, 2.24) is 0 Å². The second-order valence-electron chi connectivity index (χ2n) is 4.82. The summed E-state index contributed by atoms with van der Waals surface area (Å²) in [5.74, 6) is 0.820. The first kappa shape index (κ1) is 9.25. The average Bonchev–Trinajstić information content (AvgIpc) is 2.20. The maximum Gasteiger partial charge on any atom is 0.0782 e. The van der Waals surface area contributed by atoms with Crippen molar-refractivity contribution in [2.24, 2.45) is 5.92 Å². The Labute approximate surface area is 88.4 Å². The minimum absolute atomic E-state index is 0.154. The molecule has 1 saturated heterocycles. The third-order valence-corrected chi connectivity index (χ3v) is 4.90. The van der Waals surface area contributed by atoms with Gasteiger partial charge in [-0.2, -0.15) is 0 Å². The largest absolute Gasteiger partial charge is 0.368 e. The molecule has 70 valence electrons. The SMILES string of the molecule is CC1(C)O[C@@]2(CI)CCC[C@@H]1C2. The van der Waals surface area contributed by atoms with Gasteiger partial charge in [-0.1, -0.05) is 29.0 Å². The normalized spacial score (nSPS) is 44.8. The van der Waals surface area contributed by atoms with E-state index in [9.17, 15) is 0 Å². The van der Waals surface area contributed by atoms with Gasteiger partial charge >= 0.3 is 0 Å². The summed E-state index contributed by atoms with van der Waals surface area (Å²) < 4.78 is 7.37. The molecular formula is C10H17IO. The predicted octanol–water partition coefficient (Wildman–Crippen LogP) is 3.16. The van der Waals surface area contributed by atoms with Gasteiger partial charge in [0.1, 0.15) is 0 Å². The van der Waals surface area contributed by atoms with E-state index in [0.29, 0.717) is 0 Å². The highest BCUT2D eigenvalue weighted by atomic mass is 127. The predicted molar refractivity (Wildman–Crippen MR) is 58.7 cm³/mol. The topological polar surface area (TPSA) is 9.23 Å². The summed E-state index contributed by atoms with van der Waals surface area (Å²) in [5.41, 5.74) is 0.411. The number of ether oxygens (including phenoxy) is 1. The molecule has 0 amide bonds. The molecule has 1 heterocycles. The fourth-order valence-corrected chi connectivity index (χ4v) is 3.65. The van der Waals surface area contributed by atoms with Gasteiger partial charge in [0.2, 0.25) is 0 Å². The molecule has 1 nitrogen and oxygen atoms in total. The number of fused-ring (bicyclic) bond motifs is 2. The Hall–Kier alpha value is 0.690. The van der Waals surface area contributed by atoms with Gasteiger partial charge in [0.15, 0.2) is 0 Å². The van der Waals surface area contributed by atoms with Crippen LogP contribution < -0.4 is 0 Å².